The Labute approximate surface area is 109 Å². The van der Waals surface area contributed by atoms with Gasteiger partial charge in [-0.25, -0.2) is 0 Å². The molecular weight excluding hydrogens is 252 g/mol. The van der Waals surface area contributed by atoms with Crippen LogP contribution in [0.15, 0.2) is 24.3 Å². The molecule has 0 saturated carbocycles. The van der Waals surface area contributed by atoms with E-state index in [9.17, 15) is 19.7 Å². The quantitative estimate of drug-likeness (QED) is 0.436. The van der Waals surface area contributed by atoms with Gasteiger partial charge in [0.1, 0.15) is 0 Å². The lowest BCUT2D eigenvalue weighted by Gasteiger charge is -2.04. The van der Waals surface area contributed by atoms with Gasteiger partial charge in [-0.2, -0.15) is 0 Å². The van der Waals surface area contributed by atoms with Crippen molar-refractivity contribution >= 4 is 17.6 Å². The number of carbonyl (C=O) groups is 2. The number of benzene rings is 1. The summed E-state index contributed by atoms with van der Waals surface area (Å²) < 4.78 is 0. The molecule has 7 heteroatoms. The van der Waals surface area contributed by atoms with Gasteiger partial charge in [-0.15, -0.1) is 0 Å². The van der Waals surface area contributed by atoms with Crippen molar-refractivity contribution in [3.8, 4) is 0 Å². The lowest BCUT2D eigenvalue weighted by Crippen LogP contribution is -2.26. The molecule has 0 aliphatic carbocycles. The fourth-order valence-electron chi connectivity index (χ4n) is 1.50. The van der Waals surface area contributed by atoms with Crippen molar-refractivity contribution in [2.24, 2.45) is 0 Å². The second kappa shape index (κ2) is 7.10. The zero-order valence-electron chi connectivity index (χ0n) is 10.2. The summed E-state index contributed by atoms with van der Waals surface area (Å²) in [4.78, 5) is 31.8. The molecule has 1 aromatic carbocycles. The summed E-state index contributed by atoms with van der Waals surface area (Å²) >= 11 is 0. The molecular formula is C12H14N2O5. The molecule has 19 heavy (non-hydrogen) atoms. The Bertz CT molecular complexity index is 487. The van der Waals surface area contributed by atoms with E-state index in [-0.39, 0.29) is 31.0 Å². The van der Waals surface area contributed by atoms with E-state index in [0.29, 0.717) is 12.0 Å². The van der Waals surface area contributed by atoms with Crippen molar-refractivity contribution in [1.82, 2.24) is 5.32 Å². The molecule has 1 aromatic rings. The van der Waals surface area contributed by atoms with Crippen molar-refractivity contribution in [1.29, 1.82) is 0 Å². The fraction of sp³-hybridized carbons (Fsp3) is 0.333. The van der Waals surface area contributed by atoms with Gasteiger partial charge in [-0.05, 0) is 12.0 Å². The van der Waals surface area contributed by atoms with Crippen LogP contribution in [0.25, 0.3) is 0 Å². The maximum absolute atomic E-state index is 11.5. The lowest BCUT2D eigenvalue weighted by atomic mass is 10.1. The van der Waals surface area contributed by atoms with Crippen LogP contribution in [0.3, 0.4) is 0 Å². The monoisotopic (exact) mass is 266 g/mol. The number of nitrogens with zero attached hydrogens (tertiary/aromatic N) is 1. The number of amides is 1. The average molecular weight is 266 g/mol. The maximum atomic E-state index is 11.5. The molecule has 0 fully saturated rings. The highest BCUT2D eigenvalue weighted by Gasteiger charge is 2.08. The van der Waals surface area contributed by atoms with Crippen LogP contribution in [-0.4, -0.2) is 28.5 Å². The van der Waals surface area contributed by atoms with E-state index in [2.05, 4.69) is 5.32 Å². The van der Waals surface area contributed by atoms with Gasteiger partial charge in [0.15, 0.2) is 0 Å². The molecule has 102 valence electrons. The van der Waals surface area contributed by atoms with Crippen LogP contribution in [0.2, 0.25) is 0 Å². The van der Waals surface area contributed by atoms with Crippen LogP contribution in [0, 0.1) is 10.1 Å². The van der Waals surface area contributed by atoms with Gasteiger partial charge in [-0.3, -0.25) is 19.7 Å². The Kier molecular flexibility index (Phi) is 5.46. The summed E-state index contributed by atoms with van der Waals surface area (Å²) in [5.74, 6) is -1.20. The summed E-state index contributed by atoms with van der Waals surface area (Å²) in [5.41, 5.74) is 0.487. The topological polar surface area (TPSA) is 110 Å². The lowest BCUT2D eigenvalue weighted by molar-refractivity contribution is -0.384. The summed E-state index contributed by atoms with van der Waals surface area (Å²) in [6, 6.07) is 5.85. The standard InChI is InChI=1S/C12H14N2O5/c15-11(13-6-2-5-12(16)17)8-9-3-1-4-10(7-9)14(18)19/h1,3-4,7H,2,5-6,8H2,(H,13,15)(H,16,17). The molecule has 0 aromatic heterocycles. The molecule has 0 radical (unpaired) electrons. The van der Waals surface area contributed by atoms with E-state index in [0.717, 1.165) is 0 Å². The molecule has 0 spiro atoms. The van der Waals surface area contributed by atoms with Crippen molar-refractivity contribution < 1.29 is 19.6 Å². The molecule has 7 nitrogen and oxygen atoms in total. The maximum Gasteiger partial charge on any atom is 0.303 e. The predicted molar refractivity (Wildman–Crippen MR) is 66.7 cm³/mol. The van der Waals surface area contributed by atoms with E-state index >= 15 is 0 Å². The first-order valence-electron chi connectivity index (χ1n) is 5.71. The Balaban J connectivity index is 2.42. The highest BCUT2D eigenvalue weighted by atomic mass is 16.6. The van der Waals surface area contributed by atoms with Crippen LogP contribution in [0.1, 0.15) is 18.4 Å². The predicted octanol–water partition coefficient (Wildman–Crippen LogP) is 1.12. The SMILES string of the molecule is O=C(O)CCCNC(=O)Cc1cccc([N+](=O)[O-])c1. The molecule has 0 saturated heterocycles. The number of nitro groups is 1. The van der Waals surface area contributed by atoms with E-state index in [4.69, 9.17) is 5.11 Å². The third-order valence-electron chi connectivity index (χ3n) is 2.38. The van der Waals surface area contributed by atoms with Gasteiger partial charge in [0.05, 0.1) is 11.3 Å². The van der Waals surface area contributed by atoms with Gasteiger partial charge >= 0.3 is 5.97 Å². The van der Waals surface area contributed by atoms with Crippen LogP contribution < -0.4 is 5.32 Å². The normalized spacial score (nSPS) is 9.89. The van der Waals surface area contributed by atoms with Gasteiger partial charge in [0, 0.05) is 25.1 Å². The van der Waals surface area contributed by atoms with Crippen LogP contribution in [-0.2, 0) is 16.0 Å². The Hall–Kier alpha value is -2.44. The number of hydrogen-bond acceptors (Lipinski definition) is 4. The molecule has 0 aliphatic rings. The smallest absolute Gasteiger partial charge is 0.303 e. The van der Waals surface area contributed by atoms with E-state index in [1.165, 1.54) is 18.2 Å². The Morgan fingerprint density at radius 3 is 2.74 bits per heavy atom. The zero-order valence-corrected chi connectivity index (χ0v) is 10.2. The van der Waals surface area contributed by atoms with Crippen molar-refractivity contribution in [2.75, 3.05) is 6.54 Å². The van der Waals surface area contributed by atoms with Gasteiger partial charge in [-0.1, -0.05) is 12.1 Å². The molecule has 2 N–H and O–H groups in total. The number of carbonyl (C=O) groups excluding carboxylic acids is 1. The molecule has 0 atom stereocenters. The number of carboxylic acid groups (broad SMARTS) is 1. The number of nitro benzene ring substituents is 1. The summed E-state index contributed by atoms with van der Waals surface area (Å²) in [5, 5.41) is 21.5. The Morgan fingerprint density at radius 1 is 1.37 bits per heavy atom. The molecule has 0 bridgehead atoms. The minimum atomic E-state index is -0.909. The van der Waals surface area contributed by atoms with Crippen LogP contribution in [0.5, 0.6) is 0 Å². The summed E-state index contributed by atoms with van der Waals surface area (Å²) in [6.07, 6.45) is 0.391. The summed E-state index contributed by atoms with van der Waals surface area (Å²) in [6.45, 7) is 0.278. The van der Waals surface area contributed by atoms with E-state index < -0.39 is 10.9 Å². The molecule has 0 aliphatic heterocycles. The summed E-state index contributed by atoms with van der Waals surface area (Å²) in [7, 11) is 0. The largest absolute Gasteiger partial charge is 0.481 e. The van der Waals surface area contributed by atoms with Crippen LogP contribution in [0.4, 0.5) is 5.69 Å². The molecule has 0 heterocycles. The van der Waals surface area contributed by atoms with E-state index in [1.54, 1.807) is 6.07 Å². The minimum absolute atomic E-state index is 0.00289. The van der Waals surface area contributed by atoms with Gasteiger partial charge < -0.3 is 10.4 Å². The van der Waals surface area contributed by atoms with E-state index in [1.807, 2.05) is 0 Å². The second-order valence-electron chi connectivity index (χ2n) is 3.95. The number of nitrogens with one attached hydrogen (secondary N) is 1. The van der Waals surface area contributed by atoms with Crippen molar-refractivity contribution in [3.63, 3.8) is 0 Å². The highest BCUT2D eigenvalue weighted by Crippen LogP contribution is 2.13. The number of carboxylic acids is 1. The minimum Gasteiger partial charge on any atom is -0.481 e. The molecule has 1 rings (SSSR count). The first-order chi connectivity index (χ1) is 8.99. The van der Waals surface area contributed by atoms with Gasteiger partial charge in [0.2, 0.25) is 5.91 Å². The van der Waals surface area contributed by atoms with Gasteiger partial charge in [0.25, 0.3) is 5.69 Å². The van der Waals surface area contributed by atoms with Crippen molar-refractivity contribution in [2.45, 2.75) is 19.3 Å². The average Bonchev–Trinajstić information content (AvgIpc) is 2.34. The third kappa shape index (κ3) is 5.62. The zero-order chi connectivity index (χ0) is 14.3. The first-order valence-corrected chi connectivity index (χ1v) is 5.71. The fourth-order valence-corrected chi connectivity index (χ4v) is 1.50. The van der Waals surface area contributed by atoms with Crippen LogP contribution >= 0.6 is 0 Å². The highest BCUT2D eigenvalue weighted by molar-refractivity contribution is 5.78. The number of aliphatic carboxylic acids is 1. The third-order valence-corrected chi connectivity index (χ3v) is 2.38. The Morgan fingerprint density at radius 2 is 2.11 bits per heavy atom. The second-order valence-corrected chi connectivity index (χ2v) is 3.95. The first kappa shape index (κ1) is 14.6. The van der Waals surface area contributed by atoms with Crippen molar-refractivity contribution in [3.05, 3.63) is 39.9 Å². The molecule has 0 unspecified atom stereocenters. The number of non-ortho nitro benzene ring substituents is 1. The number of hydrogen-bond donors (Lipinski definition) is 2. The number of rotatable bonds is 7. The molecule has 1 amide bonds.